The average molecular weight is 340 g/mol. The van der Waals surface area contributed by atoms with Crippen LogP contribution in [0.25, 0.3) is 0 Å². The smallest absolute Gasteiger partial charge is 0.164 e. The molecular formula is C19H21FN4O. The van der Waals surface area contributed by atoms with Crippen molar-refractivity contribution in [3.63, 3.8) is 0 Å². The van der Waals surface area contributed by atoms with Crippen LogP contribution in [0.2, 0.25) is 0 Å². The van der Waals surface area contributed by atoms with Gasteiger partial charge in [0.15, 0.2) is 17.5 Å². The predicted octanol–water partition coefficient (Wildman–Crippen LogP) is 3.51. The van der Waals surface area contributed by atoms with E-state index in [2.05, 4.69) is 16.3 Å². The van der Waals surface area contributed by atoms with Crippen LogP contribution >= 0.6 is 0 Å². The molecule has 1 aliphatic rings. The minimum absolute atomic E-state index is 0.0875. The molecule has 25 heavy (non-hydrogen) atoms. The number of halogens is 1. The maximum atomic E-state index is 13.0. The number of hydrogen-bond acceptors (Lipinski definition) is 4. The second-order valence-electron chi connectivity index (χ2n) is 6.62. The summed E-state index contributed by atoms with van der Waals surface area (Å²) in [6.45, 7) is 2.67. The van der Waals surface area contributed by atoms with Crippen molar-refractivity contribution in [1.29, 1.82) is 5.26 Å². The average Bonchev–Trinajstić information content (AvgIpc) is 2.84. The van der Waals surface area contributed by atoms with Crippen molar-refractivity contribution >= 4 is 5.78 Å². The molecule has 0 saturated carbocycles. The summed E-state index contributed by atoms with van der Waals surface area (Å²) < 4.78 is 15.0. The van der Waals surface area contributed by atoms with Gasteiger partial charge in [0.25, 0.3) is 0 Å². The van der Waals surface area contributed by atoms with Crippen LogP contribution in [0.4, 0.5) is 4.39 Å². The number of carbonyl (C=O) groups is 1. The molecule has 6 heteroatoms. The lowest BCUT2D eigenvalue weighted by atomic mass is 9.91. The molecule has 0 fully saturated rings. The Morgan fingerprint density at radius 1 is 1.28 bits per heavy atom. The molecule has 0 radical (unpaired) electrons. The number of rotatable bonds is 5. The fourth-order valence-electron chi connectivity index (χ4n) is 3.32. The highest BCUT2D eigenvalue weighted by Crippen LogP contribution is 2.26. The van der Waals surface area contributed by atoms with Gasteiger partial charge in [0.05, 0.1) is 6.07 Å². The molecule has 0 amide bonds. The van der Waals surface area contributed by atoms with E-state index in [-0.39, 0.29) is 23.9 Å². The maximum absolute atomic E-state index is 13.0. The fraction of sp³-hybridized carbons (Fsp3) is 0.474. The van der Waals surface area contributed by atoms with Gasteiger partial charge in [0, 0.05) is 19.4 Å². The molecule has 0 unspecified atom stereocenters. The molecule has 1 aromatic heterocycles. The van der Waals surface area contributed by atoms with Crippen LogP contribution in [-0.2, 0) is 17.8 Å². The van der Waals surface area contributed by atoms with E-state index in [9.17, 15) is 14.4 Å². The van der Waals surface area contributed by atoms with E-state index in [4.69, 9.17) is 0 Å². The zero-order valence-corrected chi connectivity index (χ0v) is 14.3. The number of aryl methyl sites for hydroxylation is 1. The Labute approximate surface area is 146 Å². The largest absolute Gasteiger partial charge is 0.313 e. The highest BCUT2D eigenvalue weighted by molar-refractivity contribution is 5.88. The number of ketones is 1. The molecule has 5 nitrogen and oxygen atoms in total. The third-order valence-corrected chi connectivity index (χ3v) is 4.79. The Balaban J connectivity index is 1.77. The standard InChI is InChI=1S/C19H21FN4O/c1-13(14-6-8-15(20)9-7-14)11-17(25)16(12-21)19-23-22-18-5-3-2-4-10-24(18)19/h6-9,13,16H,2-5,10-11H2,1H3/t13-,16+/m0/s1. The number of hydrogen-bond donors (Lipinski definition) is 0. The number of nitrogens with zero attached hydrogens (tertiary/aromatic N) is 4. The number of carbonyl (C=O) groups excluding carboxylic acids is 1. The highest BCUT2D eigenvalue weighted by Gasteiger charge is 2.29. The molecule has 0 saturated heterocycles. The summed E-state index contributed by atoms with van der Waals surface area (Å²) in [7, 11) is 0. The third kappa shape index (κ3) is 3.76. The van der Waals surface area contributed by atoms with Gasteiger partial charge in [-0.3, -0.25) is 4.79 Å². The summed E-state index contributed by atoms with van der Waals surface area (Å²) >= 11 is 0. The van der Waals surface area contributed by atoms with Crippen molar-refractivity contribution < 1.29 is 9.18 Å². The van der Waals surface area contributed by atoms with E-state index in [0.29, 0.717) is 5.82 Å². The van der Waals surface area contributed by atoms with Gasteiger partial charge in [-0.25, -0.2) is 4.39 Å². The summed E-state index contributed by atoms with van der Waals surface area (Å²) in [6.07, 6.45) is 4.24. The number of fused-ring (bicyclic) bond motifs is 1. The van der Waals surface area contributed by atoms with Crippen molar-refractivity contribution in [3.8, 4) is 6.07 Å². The molecular weight excluding hydrogens is 319 g/mol. The van der Waals surface area contributed by atoms with E-state index < -0.39 is 5.92 Å². The predicted molar refractivity (Wildman–Crippen MR) is 90.4 cm³/mol. The van der Waals surface area contributed by atoms with Crippen molar-refractivity contribution in [1.82, 2.24) is 14.8 Å². The van der Waals surface area contributed by atoms with E-state index in [0.717, 1.165) is 43.6 Å². The number of nitriles is 1. The molecule has 0 aliphatic carbocycles. The van der Waals surface area contributed by atoms with Crippen LogP contribution in [0.5, 0.6) is 0 Å². The molecule has 1 aromatic carbocycles. The first-order valence-electron chi connectivity index (χ1n) is 8.70. The van der Waals surface area contributed by atoms with Crippen LogP contribution < -0.4 is 0 Å². The van der Waals surface area contributed by atoms with Crippen LogP contribution in [0.3, 0.4) is 0 Å². The number of aromatic nitrogens is 3. The van der Waals surface area contributed by atoms with Crippen LogP contribution in [0.1, 0.15) is 61.7 Å². The van der Waals surface area contributed by atoms with Gasteiger partial charge < -0.3 is 4.57 Å². The first kappa shape index (κ1) is 17.3. The lowest BCUT2D eigenvalue weighted by Crippen LogP contribution is -2.19. The van der Waals surface area contributed by atoms with Gasteiger partial charge in [-0.05, 0) is 36.5 Å². The Kier molecular flexibility index (Phi) is 5.22. The molecule has 2 heterocycles. The quantitative estimate of drug-likeness (QED) is 0.835. The molecule has 130 valence electrons. The van der Waals surface area contributed by atoms with Crippen LogP contribution in [-0.4, -0.2) is 20.5 Å². The Morgan fingerprint density at radius 3 is 2.76 bits per heavy atom. The Morgan fingerprint density at radius 2 is 2.04 bits per heavy atom. The van der Waals surface area contributed by atoms with Gasteiger partial charge in [-0.2, -0.15) is 5.26 Å². The van der Waals surface area contributed by atoms with E-state index in [1.807, 2.05) is 11.5 Å². The van der Waals surface area contributed by atoms with E-state index in [1.54, 1.807) is 12.1 Å². The molecule has 3 rings (SSSR count). The summed E-state index contributed by atoms with van der Waals surface area (Å²) in [5, 5.41) is 17.9. The summed E-state index contributed by atoms with van der Waals surface area (Å²) in [5.74, 6) is -0.123. The zero-order valence-electron chi connectivity index (χ0n) is 14.3. The second kappa shape index (κ2) is 7.56. The lowest BCUT2D eigenvalue weighted by molar-refractivity contribution is -0.119. The third-order valence-electron chi connectivity index (χ3n) is 4.79. The topological polar surface area (TPSA) is 71.6 Å². The summed E-state index contributed by atoms with van der Waals surface area (Å²) in [6, 6.07) is 8.24. The van der Waals surface area contributed by atoms with Crippen LogP contribution in [0, 0.1) is 17.1 Å². The molecule has 0 N–H and O–H groups in total. The molecule has 0 spiro atoms. The monoisotopic (exact) mass is 340 g/mol. The Hall–Kier alpha value is -2.55. The second-order valence-corrected chi connectivity index (χ2v) is 6.62. The van der Waals surface area contributed by atoms with Crippen molar-refractivity contribution in [2.75, 3.05) is 0 Å². The molecule has 0 bridgehead atoms. The summed E-state index contributed by atoms with van der Waals surface area (Å²) in [4.78, 5) is 12.7. The number of Topliss-reactive ketones (excluding diaryl/α,β-unsaturated/α-hetero) is 1. The normalized spacial score (nSPS) is 16.4. The van der Waals surface area contributed by atoms with Gasteiger partial charge in [-0.15, -0.1) is 10.2 Å². The minimum atomic E-state index is -0.901. The Bertz CT molecular complexity index is 791. The molecule has 2 aromatic rings. The van der Waals surface area contributed by atoms with Crippen molar-refractivity contribution in [2.24, 2.45) is 0 Å². The highest BCUT2D eigenvalue weighted by atomic mass is 19.1. The first-order chi connectivity index (χ1) is 12.1. The van der Waals surface area contributed by atoms with Crippen molar-refractivity contribution in [3.05, 3.63) is 47.3 Å². The lowest BCUT2D eigenvalue weighted by Gasteiger charge is -2.14. The number of benzene rings is 1. The zero-order chi connectivity index (χ0) is 17.8. The van der Waals surface area contributed by atoms with E-state index >= 15 is 0 Å². The molecule has 1 aliphatic heterocycles. The fourth-order valence-corrected chi connectivity index (χ4v) is 3.32. The first-order valence-corrected chi connectivity index (χ1v) is 8.70. The van der Waals surface area contributed by atoms with Gasteiger partial charge in [0.1, 0.15) is 11.6 Å². The molecule has 2 atom stereocenters. The van der Waals surface area contributed by atoms with Gasteiger partial charge in [0.2, 0.25) is 0 Å². The maximum Gasteiger partial charge on any atom is 0.164 e. The van der Waals surface area contributed by atoms with Gasteiger partial charge >= 0.3 is 0 Å². The van der Waals surface area contributed by atoms with E-state index in [1.165, 1.54) is 12.1 Å². The summed E-state index contributed by atoms with van der Waals surface area (Å²) in [5.41, 5.74) is 0.881. The van der Waals surface area contributed by atoms with Gasteiger partial charge in [-0.1, -0.05) is 25.5 Å². The van der Waals surface area contributed by atoms with Crippen LogP contribution in [0.15, 0.2) is 24.3 Å². The van der Waals surface area contributed by atoms with Crippen molar-refractivity contribution in [2.45, 2.75) is 57.4 Å². The minimum Gasteiger partial charge on any atom is -0.313 e. The SMILES string of the molecule is C[C@@H](CC(=O)[C@@H](C#N)c1nnc2n1CCCCC2)c1ccc(F)cc1.